The number of benzene rings is 2. The molecule has 1 N–H and O–H groups in total. The minimum absolute atomic E-state index is 0.0206. The van der Waals surface area contributed by atoms with Crippen molar-refractivity contribution in [2.24, 2.45) is 5.10 Å². The minimum Gasteiger partial charge on any atom is -0.357 e. The van der Waals surface area contributed by atoms with E-state index in [4.69, 9.17) is 0 Å². The number of hydrazone groups is 1. The second-order valence-electron chi connectivity index (χ2n) is 7.42. The number of amides is 2. The molecular formula is C22H20N4O2. The number of H-pyrrole nitrogens is 1. The van der Waals surface area contributed by atoms with Gasteiger partial charge in [-0.2, -0.15) is 5.10 Å². The van der Waals surface area contributed by atoms with Crippen LogP contribution in [0.2, 0.25) is 0 Å². The fourth-order valence-corrected chi connectivity index (χ4v) is 4.14. The van der Waals surface area contributed by atoms with Crippen molar-refractivity contribution in [1.82, 2.24) is 14.9 Å². The summed E-state index contributed by atoms with van der Waals surface area (Å²) in [6.45, 7) is 2.42. The molecule has 0 radical (unpaired) electrons. The summed E-state index contributed by atoms with van der Waals surface area (Å²) in [7, 11) is 0. The molecular weight excluding hydrogens is 352 g/mol. The number of rotatable bonds is 2. The minimum atomic E-state index is -0.498. The van der Waals surface area contributed by atoms with Crippen LogP contribution in [0.3, 0.4) is 0 Å². The summed E-state index contributed by atoms with van der Waals surface area (Å²) in [4.78, 5) is 30.9. The number of piperazine rings is 1. The number of carbonyl (C=O) groups is 2. The van der Waals surface area contributed by atoms with Gasteiger partial charge in [0.25, 0.3) is 5.91 Å². The molecule has 0 bridgehead atoms. The average molecular weight is 372 g/mol. The first-order valence-electron chi connectivity index (χ1n) is 9.40. The number of nitrogens with one attached hydrogen (secondary N) is 1. The van der Waals surface area contributed by atoms with Crippen molar-refractivity contribution in [2.45, 2.75) is 25.9 Å². The highest BCUT2D eigenvalue weighted by molar-refractivity contribution is 5.97. The highest BCUT2D eigenvalue weighted by Crippen LogP contribution is 2.32. The molecule has 0 spiro atoms. The van der Waals surface area contributed by atoms with Crippen molar-refractivity contribution in [2.75, 3.05) is 6.54 Å². The van der Waals surface area contributed by atoms with E-state index in [1.165, 1.54) is 5.01 Å². The normalized spacial score (nSPS) is 19.4. The van der Waals surface area contributed by atoms with Crippen LogP contribution in [0.4, 0.5) is 0 Å². The Balaban J connectivity index is 1.45. The first-order chi connectivity index (χ1) is 13.6. The largest absolute Gasteiger partial charge is 0.357 e. The fourth-order valence-electron chi connectivity index (χ4n) is 4.14. The van der Waals surface area contributed by atoms with E-state index in [1.807, 2.05) is 49.4 Å². The predicted octanol–water partition coefficient (Wildman–Crippen LogP) is 2.61. The Morgan fingerprint density at radius 1 is 1.11 bits per heavy atom. The number of hydrogen-bond donors (Lipinski definition) is 1. The fraction of sp³-hybridized carbons (Fsp3) is 0.227. The van der Waals surface area contributed by atoms with Gasteiger partial charge in [-0.15, -0.1) is 0 Å². The molecule has 2 aliphatic rings. The number of aromatic amines is 1. The molecule has 140 valence electrons. The maximum absolute atomic E-state index is 13.1. The van der Waals surface area contributed by atoms with E-state index in [9.17, 15) is 9.59 Å². The second kappa shape index (κ2) is 6.34. The molecule has 3 heterocycles. The van der Waals surface area contributed by atoms with Gasteiger partial charge in [0.2, 0.25) is 5.91 Å². The molecule has 1 fully saturated rings. The lowest BCUT2D eigenvalue weighted by molar-refractivity contribution is -0.157. The van der Waals surface area contributed by atoms with E-state index in [-0.39, 0.29) is 18.4 Å². The molecule has 1 aromatic heterocycles. The molecule has 5 rings (SSSR count). The lowest BCUT2D eigenvalue weighted by atomic mass is 9.94. The van der Waals surface area contributed by atoms with Crippen LogP contribution in [0, 0.1) is 6.92 Å². The van der Waals surface area contributed by atoms with E-state index in [0.717, 1.165) is 33.3 Å². The van der Waals surface area contributed by atoms with Crippen LogP contribution >= 0.6 is 0 Å². The molecule has 0 unspecified atom stereocenters. The van der Waals surface area contributed by atoms with Gasteiger partial charge in [0.1, 0.15) is 12.6 Å². The summed E-state index contributed by atoms with van der Waals surface area (Å²) in [5.74, 6) is -0.199. The zero-order valence-corrected chi connectivity index (χ0v) is 15.6. The quantitative estimate of drug-likeness (QED) is 0.703. The molecule has 6 heteroatoms. The third-order valence-corrected chi connectivity index (χ3v) is 5.54. The molecule has 1 atom stereocenters. The molecule has 2 amide bonds. The molecule has 0 aliphatic carbocycles. The zero-order valence-electron chi connectivity index (χ0n) is 15.6. The van der Waals surface area contributed by atoms with Crippen LogP contribution in [0.15, 0.2) is 53.6 Å². The van der Waals surface area contributed by atoms with Crippen LogP contribution in [-0.4, -0.2) is 45.5 Å². The molecule has 6 nitrogen and oxygen atoms in total. The van der Waals surface area contributed by atoms with Gasteiger partial charge in [0.05, 0.1) is 12.8 Å². The van der Waals surface area contributed by atoms with Crippen LogP contribution in [0.5, 0.6) is 0 Å². The molecule has 28 heavy (non-hydrogen) atoms. The zero-order chi connectivity index (χ0) is 19.3. The van der Waals surface area contributed by atoms with Gasteiger partial charge < -0.3 is 9.88 Å². The Kier molecular flexibility index (Phi) is 3.79. The molecule has 2 aliphatic heterocycles. The van der Waals surface area contributed by atoms with Gasteiger partial charge in [0, 0.05) is 23.0 Å². The Morgan fingerprint density at radius 2 is 1.96 bits per heavy atom. The van der Waals surface area contributed by atoms with Crippen LogP contribution < -0.4 is 0 Å². The van der Waals surface area contributed by atoms with Gasteiger partial charge >= 0.3 is 0 Å². The van der Waals surface area contributed by atoms with Gasteiger partial charge in [-0.1, -0.05) is 48.0 Å². The molecule has 3 aromatic rings. The Bertz CT molecular complexity index is 1130. The first-order valence-corrected chi connectivity index (χ1v) is 9.40. The number of nitrogens with zero attached hydrogens (tertiary/aromatic N) is 3. The van der Waals surface area contributed by atoms with E-state index in [0.29, 0.717) is 13.0 Å². The van der Waals surface area contributed by atoms with Gasteiger partial charge in [-0.3, -0.25) is 9.59 Å². The number of hydrogen-bond acceptors (Lipinski definition) is 3. The first kappa shape index (κ1) is 16.7. The van der Waals surface area contributed by atoms with E-state index < -0.39 is 6.04 Å². The topological polar surface area (TPSA) is 68.8 Å². The van der Waals surface area contributed by atoms with E-state index in [2.05, 4.69) is 16.2 Å². The summed E-state index contributed by atoms with van der Waals surface area (Å²) in [6.07, 6.45) is 2.16. The van der Waals surface area contributed by atoms with Crippen molar-refractivity contribution in [3.8, 4) is 0 Å². The van der Waals surface area contributed by atoms with Crippen LogP contribution in [-0.2, 0) is 22.6 Å². The van der Waals surface area contributed by atoms with Crippen molar-refractivity contribution < 1.29 is 9.59 Å². The Hall–Kier alpha value is -3.41. The third-order valence-electron chi connectivity index (χ3n) is 5.54. The maximum atomic E-state index is 13.1. The molecule has 1 saturated heterocycles. The second-order valence-corrected chi connectivity index (χ2v) is 7.42. The van der Waals surface area contributed by atoms with Gasteiger partial charge in [0.15, 0.2) is 0 Å². The predicted molar refractivity (Wildman–Crippen MR) is 107 cm³/mol. The number of carbonyl (C=O) groups excluding carboxylic acids is 2. The summed E-state index contributed by atoms with van der Waals surface area (Å²) < 4.78 is 0. The summed E-state index contributed by atoms with van der Waals surface area (Å²) in [5, 5.41) is 6.76. The number of para-hydroxylation sites is 1. The summed E-state index contributed by atoms with van der Waals surface area (Å²) in [5.41, 5.74) is 5.22. The lowest BCUT2D eigenvalue weighted by Gasteiger charge is -2.40. The standard InChI is InChI=1S/C22H20N4O2/c1-14-5-4-6-15(9-14)11-23-26-13-21(27)25-12-19-17(10-20(25)22(26)28)16-7-2-3-8-18(16)24-19/h2-9,11,20,24H,10,12-13H2,1H3/t20-/m1/s1. The molecule has 2 aromatic carbocycles. The van der Waals surface area contributed by atoms with Crippen molar-refractivity contribution >= 4 is 28.9 Å². The number of aromatic nitrogens is 1. The average Bonchev–Trinajstić information content (AvgIpc) is 3.06. The monoisotopic (exact) mass is 372 g/mol. The van der Waals surface area contributed by atoms with Crippen molar-refractivity contribution in [1.29, 1.82) is 0 Å². The highest BCUT2D eigenvalue weighted by Gasteiger charge is 2.43. The van der Waals surface area contributed by atoms with Gasteiger partial charge in [-0.25, -0.2) is 5.01 Å². The van der Waals surface area contributed by atoms with Gasteiger partial charge in [-0.05, 0) is 24.1 Å². The maximum Gasteiger partial charge on any atom is 0.266 e. The Morgan fingerprint density at radius 3 is 2.82 bits per heavy atom. The Labute approximate surface area is 162 Å². The van der Waals surface area contributed by atoms with Crippen LogP contribution in [0.1, 0.15) is 22.4 Å². The third kappa shape index (κ3) is 2.69. The van der Waals surface area contributed by atoms with Crippen molar-refractivity contribution in [3.63, 3.8) is 0 Å². The van der Waals surface area contributed by atoms with E-state index >= 15 is 0 Å². The highest BCUT2D eigenvalue weighted by atomic mass is 16.2. The van der Waals surface area contributed by atoms with Crippen molar-refractivity contribution in [3.05, 3.63) is 70.9 Å². The smallest absolute Gasteiger partial charge is 0.266 e. The lowest BCUT2D eigenvalue weighted by Crippen LogP contribution is -2.60. The number of aryl methyl sites for hydroxylation is 1. The summed E-state index contributed by atoms with van der Waals surface area (Å²) >= 11 is 0. The van der Waals surface area contributed by atoms with E-state index in [1.54, 1.807) is 11.1 Å². The SMILES string of the molecule is Cc1cccc(C=NN2CC(=O)N3Cc4[nH]c5ccccc5c4C[C@@H]3C2=O)c1. The summed E-state index contributed by atoms with van der Waals surface area (Å²) in [6, 6.07) is 15.4. The number of fused-ring (bicyclic) bond motifs is 4. The van der Waals surface area contributed by atoms with Crippen LogP contribution in [0.25, 0.3) is 10.9 Å². The molecule has 0 saturated carbocycles.